The molecule has 0 heterocycles. The number of rotatable bonds is 8. The highest BCUT2D eigenvalue weighted by Crippen LogP contribution is 2.19. The van der Waals surface area contributed by atoms with E-state index in [1.807, 2.05) is 0 Å². The maximum Gasteiger partial charge on any atom is 0.304 e. The molecule has 0 amide bonds. The van der Waals surface area contributed by atoms with E-state index < -0.39 is 22.2 Å². The van der Waals surface area contributed by atoms with Crippen LogP contribution in [0.4, 0.5) is 0 Å². The Morgan fingerprint density at radius 2 is 2.14 bits per heavy atom. The maximum atomic E-state index is 12.1. The van der Waals surface area contributed by atoms with E-state index >= 15 is 0 Å². The lowest BCUT2D eigenvalue weighted by Gasteiger charge is -2.21. The number of benzene rings is 1. The van der Waals surface area contributed by atoms with E-state index in [2.05, 4.69) is 4.72 Å². The molecule has 0 fully saturated rings. The van der Waals surface area contributed by atoms with Gasteiger partial charge < -0.3 is 9.84 Å². The minimum atomic E-state index is -3.74. The summed E-state index contributed by atoms with van der Waals surface area (Å²) in [7, 11) is -0.872. The molecule has 7 nitrogen and oxygen atoms in total. The SMILES string of the molecule is COc1cccc([C@@H](C)NS(=O)(=O)N(C)CCC(=O)O)c1. The third-order valence-corrected chi connectivity index (χ3v) is 4.63. The number of hydrogen-bond donors (Lipinski definition) is 2. The molecule has 2 N–H and O–H groups in total. The highest BCUT2D eigenvalue weighted by Gasteiger charge is 2.21. The van der Waals surface area contributed by atoms with Gasteiger partial charge in [0.2, 0.25) is 0 Å². The smallest absolute Gasteiger partial charge is 0.304 e. The fraction of sp³-hybridized carbons (Fsp3) is 0.462. The summed E-state index contributed by atoms with van der Waals surface area (Å²) in [6.07, 6.45) is -0.245. The second kappa shape index (κ2) is 7.39. The van der Waals surface area contributed by atoms with Crippen LogP contribution in [0, 0.1) is 0 Å². The van der Waals surface area contributed by atoms with Crippen LogP contribution in [0.5, 0.6) is 5.75 Å². The largest absolute Gasteiger partial charge is 0.497 e. The van der Waals surface area contributed by atoms with Crippen molar-refractivity contribution < 1.29 is 23.1 Å². The van der Waals surface area contributed by atoms with Gasteiger partial charge in [-0.3, -0.25) is 4.79 Å². The Labute approximate surface area is 124 Å². The zero-order valence-corrected chi connectivity index (χ0v) is 13.1. The Balaban J connectivity index is 2.75. The molecule has 118 valence electrons. The molecule has 0 saturated heterocycles. The molecule has 1 atom stereocenters. The van der Waals surface area contributed by atoms with Gasteiger partial charge in [-0.05, 0) is 24.6 Å². The fourth-order valence-electron chi connectivity index (χ4n) is 1.67. The van der Waals surface area contributed by atoms with E-state index in [-0.39, 0.29) is 13.0 Å². The summed E-state index contributed by atoms with van der Waals surface area (Å²) in [5, 5.41) is 8.59. The monoisotopic (exact) mass is 316 g/mol. The van der Waals surface area contributed by atoms with Crippen molar-refractivity contribution in [2.24, 2.45) is 0 Å². The van der Waals surface area contributed by atoms with E-state index in [9.17, 15) is 13.2 Å². The zero-order valence-electron chi connectivity index (χ0n) is 12.2. The van der Waals surface area contributed by atoms with Crippen LogP contribution >= 0.6 is 0 Å². The van der Waals surface area contributed by atoms with E-state index in [1.165, 1.54) is 14.2 Å². The summed E-state index contributed by atoms with van der Waals surface area (Å²) >= 11 is 0. The number of aliphatic carboxylic acids is 1. The highest BCUT2D eigenvalue weighted by molar-refractivity contribution is 7.87. The average Bonchev–Trinajstić information content (AvgIpc) is 2.44. The molecule has 1 rings (SSSR count). The lowest BCUT2D eigenvalue weighted by molar-refractivity contribution is -0.137. The number of hydrogen-bond acceptors (Lipinski definition) is 4. The van der Waals surface area contributed by atoms with Gasteiger partial charge in [0.25, 0.3) is 10.2 Å². The first kappa shape index (κ1) is 17.4. The Morgan fingerprint density at radius 1 is 1.48 bits per heavy atom. The molecular weight excluding hydrogens is 296 g/mol. The molecule has 0 bridgehead atoms. The molecule has 0 aromatic heterocycles. The molecule has 0 aliphatic carbocycles. The van der Waals surface area contributed by atoms with Crippen molar-refractivity contribution in [3.63, 3.8) is 0 Å². The standard InChI is InChI=1S/C13H20N2O5S/c1-10(11-5-4-6-12(9-11)20-3)14-21(18,19)15(2)8-7-13(16)17/h4-6,9-10,14H,7-8H2,1-3H3,(H,16,17)/t10-/m1/s1. The minimum absolute atomic E-state index is 0.0878. The van der Waals surface area contributed by atoms with Gasteiger partial charge >= 0.3 is 5.97 Å². The van der Waals surface area contributed by atoms with Crippen LogP contribution in [0.3, 0.4) is 0 Å². The number of nitrogens with one attached hydrogen (secondary N) is 1. The summed E-state index contributed by atoms with van der Waals surface area (Å²) in [5.74, 6) is -0.407. The molecule has 0 saturated carbocycles. The number of methoxy groups -OCH3 is 1. The molecule has 0 aliphatic rings. The fourth-order valence-corrected chi connectivity index (χ4v) is 2.76. The van der Waals surface area contributed by atoms with Crippen LogP contribution < -0.4 is 9.46 Å². The third-order valence-electron chi connectivity index (χ3n) is 2.97. The quantitative estimate of drug-likeness (QED) is 0.746. The summed E-state index contributed by atoms with van der Waals surface area (Å²) in [6.45, 7) is 1.62. The number of ether oxygens (including phenoxy) is 1. The first-order valence-electron chi connectivity index (χ1n) is 6.35. The number of carboxylic acid groups (broad SMARTS) is 1. The van der Waals surface area contributed by atoms with Gasteiger partial charge in [0, 0.05) is 19.6 Å². The molecular formula is C13H20N2O5S. The van der Waals surface area contributed by atoms with Crippen molar-refractivity contribution in [3.05, 3.63) is 29.8 Å². The Morgan fingerprint density at radius 3 is 2.71 bits per heavy atom. The van der Waals surface area contributed by atoms with Crippen molar-refractivity contribution in [2.75, 3.05) is 20.7 Å². The van der Waals surface area contributed by atoms with Crippen LogP contribution in [0.15, 0.2) is 24.3 Å². The molecule has 0 aliphatic heterocycles. The Kier molecular flexibility index (Phi) is 6.13. The molecule has 1 aromatic carbocycles. The summed E-state index contributed by atoms with van der Waals surface area (Å²) in [5.41, 5.74) is 0.754. The topological polar surface area (TPSA) is 95.9 Å². The highest BCUT2D eigenvalue weighted by atomic mass is 32.2. The number of carboxylic acids is 1. The first-order valence-corrected chi connectivity index (χ1v) is 7.79. The molecule has 0 radical (unpaired) electrons. The normalized spacial score (nSPS) is 13.1. The Bertz CT molecular complexity index is 588. The van der Waals surface area contributed by atoms with Crippen LogP contribution in [-0.4, -0.2) is 44.5 Å². The van der Waals surface area contributed by atoms with Crippen molar-refractivity contribution in [2.45, 2.75) is 19.4 Å². The van der Waals surface area contributed by atoms with Gasteiger partial charge in [-0.1, -0.05) is 12.1 Å². The maximum absolute atomic E-state index is 12.1. The second-order valence-corrected chi connectivity index (χ2v) is 6.40. The van der Waals surface area contributed by atoms with Crippen molar-refractivity contribution >= 4 is 16.2 Å². The minimum Gasteiger partial charge on any atom is -0.497 e. The lowest BCUT2D eigenvalue weighted by Crippen LogP contribution is -2.40. The number of nitrogens with zero attached hydrogens (tertiary/aromatic N) is 1. The van der Waals surface area contributed by atoms with Gasteiger partial charge in [-0.2, -0.15) is 17.4 Å². The van der Waals surface area contributed by atoms with E-state index in [0.29, 0.717) is 5.75 Å². The molecule has 8 heteroatoms. The molecule has 21 heavy (non-hydrogen) atoms. The summed E-state index contributed by atoms with van der Waals surface area (Å²) in [4.78, 5) is 10.5. The average molecular weight is 316 g/mol. The predicted molar refractivity (Wildman–Crippen MR) is 78.3 cm³/mol. The molecule has 0 unspecified atom stereocenters. The lowest BCUT2D eigenvalue weighted by atomic mass is 10.1. The summed E-state index contributed by atoms with van der Waals surface area (Å²) < 4.78 is 32.7. The van der Waals surface area contributed by atoms with Gasteiger partial charge in [0.1, 0.15) is 5.75 Å². The zero-order chi connectivity index (χ0) is 16.0. The van der Waals surface area contributed by atoms with Gasteiger partial charge in [-0.15, -0.1) is 0 Å². The van der Waals surface area contributed by atoms with Crippen molar-refractivity contribution in [1.29, 1.82) is 0 Å². The van der Waals surface area contributed by atoms with E-state index in [0.717, 1.165) is 9.87 Å². The molecule has 1 aromatic rings. The second-order valence-electron chi connectivity index (χ2n) is 4.59. The van der Waals surface area contributed by atoms with Crippen LogP contribution in [-0.2, 0) is 15.0 Å². The van der Waals surface area contributed by atoms with Crippen LogP contribution in [0.1, 0.15) is 24.9 Å². The van der Waals surface area contributed by atoms with E-state index in [4.69, 9.17) is 9.84 Å². The molecule has 0 spiro atoms. The summed E-state index contributed by atoms with van der Waals surface area (Å²) in [6, 6.07) is 6.60. The van der Waals surface area contributed by atoms with Gasteiger partial charge in [0.05, 0.1) is 13.5 Å². The Hall–Kier alpha value is -1.64. The first-order chi connectivity index (χ1) is 9.76. The van der Waals surface area contributed by atoms with Crippen LogP contribution in [0.2, 0.25) is 0 Å². The third kappa shape index (κ3) is 5.33. The van der Waals surface area contributed by atoms with E-state index in [1.54, 1.807) is 31.2 Å². The van der Waals surface area contributed by atoms with Gasteiger partial charge in [0.15, 0.2) is 0 Å². The number of carbonyl (C=O) groups is 1. The van der Waals surface area contributed by atoms with Crippen molar-refractivity contribution in [3.8, 4) is 5.75 Å². The van der Waals surface area contributed by atoms with Crippen molar-refractivity contribution in [1.82, 2.24) is 9.03 Å². The van der Waals surface area contributed by atoms with Crippen LogP contribution in [0.25, 0.3) is 0 Å². The predicted octanol–water partition coefficient (Wildman–Crippen LogP) is 0.997. The van der Waals surface area contributed by atoms with Gasteiger partial charge in [-0.25, -0.2) is 0 Å².